The summed E-state index contributed by atoms with van der Waals surface area (Å²) < 4.78 is 12.4. The van der Waals surface area contributed by atoms with Crippen molar-refractivity contribution in [1.82, 2.24) is 20.0 Å². The first kappa shape index (κ1) is 30.5. The van der Waals surface area contributed by atoms with E-state index in [0.717, 1.165) is 48.5 Å². The minimum atomic E-state index is -0.515. The number of fused-ring (bicyclic) bond motifs is 1. The number of rotatable bonds is 11. The second-order valence-electron chi connectivity index (χ2n) is 11.0. The minimum absolute atomic E-state index is 0.112. The van der Waals surface area contributed by atoms with Crippen molar-refractivity contribution in [3.8, 4) is 5.75 Å². The van der Waals surface area contributed by atoms with E-state index in [1.165, 1.54) is 5.56 Å². The highest BCUT2D eigenvalue weighted by Crippen LogP contribution is 2.26. The molecule has 0 saturated carbocycles. The van der Waals surface area contributed by atoms with Crippen LogP contribution in [-0.4, -0.2) is 60.0 Å². The SMILES string of the molecule is COc1ccc(CCC(C)Nc2cc(CN3CCOCC3)cc3c(=O)c(C(=O)NCc4ccc(Cl)cc4)nn(C)c23)cc1. The standard InChI is InChI=1S/C33H38ClN5O4/c1-22(4-5-23-8-12-27(42-3)13-9-23)36-29-19-25(21-39-14-16-43-17-15-39)18-28-31(29)38(2)37-30(32(28)40)33(41)35-20-24-6-10-26(34)11-7-24/h6-13,18-19,22,36H,4-5,14-17,20-21H2,1-3H3,(H,35,41). The molecule has 0 radical (unpaired) electrons. The Morgan fingerprint density at radius 1 is 1.05 bits per heavy atom. The number of nitrogens with one attached hydrogen (secondary N) is 2. The normalized spacial score (nSPS) is 14.4. The molecule has 226 valence electrons. The van der Waals surface area contributed by atoms with E-state index in [1.54, 1.807) is 31.0 Å². The van der Waals surface area contributed by atoms with Crippen molar-refractivity contribution in [3.05, 3.63) is 98.3 Å². The summed E-state index contributed by atoms with van der Waals surface area (Å²) in [4.78, 5) is 29.3. The van der Waals surface area contributed by atoms with E-state index in [1.807, 2.05) is 30.3 Å². The molecule has 1 saturated heterocycles. The highest BCUT2D eigenvalue weighted by atomic mass is 35.5. The fraction of sp³-hybridized carbons (Fsp3) is 0.364. The van der Waals surface area contributed by atoms with Gasteiger partial charge in [0.1, 0.15) is 5.75 Å². The molecule has 0 bridgehead atoms. The van der Waals surface area contributed by atoms with E-state index < -0.39 is 5.91 Å². The first-order valence-corrected chi connectivity index (χ1v) is 14.9. The minimum Gasteiger partial charge on any atom is -0.497 e. The molecule has 9 nitrogen and oxygen atoms in total. The number of aromatic nitrogens is 2. The van der Waals surface area contributed by atoms with Crippen molar-refractivity contribution in [2.45, 2.75) is 38.9 Å². The Hall–Kier alpha value is -3.92. The van der Waals surface area contributed by atoms with Gasteiger partial charge in [0.05, 0.1) is 36.9 Å². The number of anilines is 1. The van der Waals surface area contributed by atoms with Crippen molar-refractivity contribution in [1.29, 1.82) is 0 Å². The topological polar surface area (TPSA) is 97.7 Å². The molecule has 43 heavy (non-hydrogen) atoms. The smallest absolute Gasteiger partial charge is 0.276 e. The van der Waals surface area contributed by atoms with Gasteiger partial charge < -0.3 is 20.1 Å². The number of morpholine rings is 1. The number of carbonyl (C=O) groups excluding carboxylic acids is 1. The van der Waals surface area contributed by atoms with Crippen LogP contribution in [0.25, 0.3) is 10.9 Å². The van der Waals surface area contributed by atoms with Gasteiger partial charge in [-0.3, -0.25) is 19.2 Å². The summed E-state index contributed by atoms with van der Waals surface area (Å²) in [5.74, 6) is 0.323. The molecule has 1 amide bonds. The highest BCUT2D eigenvalue weighted by molar-refractivity contribution is 6.30. The third kappa shape index (κ3) is 7.73. The zero-order chi connectivity index (χ0) is 30.3. The Morgan fingerprint density at radius 2 is 1.74 bits per heavy atom. The summed E-state index contributed by atoms with van der Waals surface area (Å²) in [6.45, 7) is 6.09. The van der Waals surface area contributed by atoms with Gasteiger partial charge in [0.15, 0.2) is 5.69 Å². The largest absolute Gasteiger partial charge is 0.497 e. The number of hydrogen-bond acceptors (Lipinski definition) is 7. The molecule has 1 aliphatic heterocycles. The Morgan fingerprint density at radius 3 is 2.44 bits per heavy atom. The predicted octanol–water partition coefficient (Wildman–Crippen LogP) is 4.79. The maximum Gasteiger partial charge on any atom is 0.276 e. The van der Waals surface area contributed by atoms with Gasteiger partial charge in [-0.25, -0.2) is 0 Å². The molecule has 0 spiro atoms. The molecule has 1 atom stereocenters. The second-order valence-corrected chi connectivity index (χ2v) is 11.4. The maximum atomic E-state index is 13.8. The highest BCUT2D eigenvalue weighted by Gasteiger charge is 2.21. The number of hydrogen-bond donors (Lipinski definition) is 2. The van der Waals surface area contributed by atoms with E-state index >= 15 is 0 Å². The number of aryl methyl sites for hydroxylation is 2. The summed E-state index contributed by atoms with van der Waals surface area (Å²) in [5, 5.41) is 12.0. The molecule has 4 aromatic rings. The monoisotopic (exact) mass is 603 g/mol. The molecule has 10 heteroatoms. The van der Waals surface area contributed by atoms with E-state index in [2.05, 4.69) is 45.8 Å². The van der Waals surface area contributed by atoms with Crippen LogP contribution in [0.5, 0.6) is 5.75 Å². The van der Waals surface area contributed by atoms with E-state index in [0.29, 0.717) is 35.7 Å². The number of halogens is 1. The third-order valence-corrected chi connectivity index (χ3v) is 7.97. The molecule has 5 rings (SSSR count). The Bertz CT molecular complexity index is 1620. The quantitative estimate of drug-likeness (QED) is 0.254. The van der Waals surface area contributed by atoms with Gasteiger partial charge in [-0.2, -0.15) is 5.10 Å². The molecule has 1 fully saturated rings. The van der Waals surface area contributed by atoms with Gasteiger partial charge in [-0.1, -0.05) is 35.9 Å². The van der Waals surface area contributed by atoms with Crippen molar-refractivity contribution >= 4 is 34.1 Å². The lowest BCUT2D eigenvalue weighted by Crippen LogP contribution is -2.35. The van der Waals surface area contributed by atoms with Gasteiger partial charge >= 0.3 is 0 Å². The molecular weight excluding hydrogens is 566 g/mol. The molecule has 3 aromatic carbocycles. The summed E-state index contributed by atoms with van der Waals surface area (Å²) in [6.07, 6.45) is 1.77. The molecular formula is C33H38ClN5O4. The lowest BCUT2D eigenvalue weighted by molar-refractivity contribution is 0.0342. The van der Waals surface area contributed by atoms with Crippen LogP contribution >= 0.6 is 11.6 Å². The average molecular weight is 604 g/mol. The van der Waals surface area contributed by atoms with Gasteiger partial charge in [-0.15, -0.1) is 0 Å². The van der Waals surface area contributed by atoms with Gasteiger partial charge in [-0.05, 0) is 72.9 Å². The van der Waals surface area contributed by atoms with Gasteiger partial charge in [0.25, 0.3) is 5.91 Å². The summed E-state index contributed by atoms with van der Waals surface area (Å²) >= 11 is 5.98. The van der Waals surface area contributed by atoms with E-state index in [-0.39, 0.29) is 23.7 Å². The number of ether oxygens (including phenoxy) is 2. The van der Waals surface area contributed by atoms with Crippen molar-refractivity contribution in [2.75, 3.05) is 38.7 Å². The Kier molecular flexibility index (Phi) is 9.97. The summed E-state index contributed by atoms with van der Waals surface area (Å²) in [6, 6.07) is 19.4. The van der Waals surface area contributed by atoms with Crippen LogP contribution < -0.4 is 20.8 Å². The molecule has 1 aromatic heterocycles. The lowest BCUT2D eigenvalue weighted by Gasteiger charge is -2.27. The predicted molar refractivity (Wildman–Crippen MR) is 170 cm³/mol. The number of methoxy groups -OCH3 is 1. The molecule has 2 N–H and O–H groups in total. The zero-order valence-electron chi connectivity index (χ0n) is 24.9. The lowest BCUT2D eigenvalue weighted by atomic mass is 10.0. The zero-order valence-corrected chi connectivity index (χ0v) is 25.6. The van der Waals surface area contributed by atoms with Crippen LogP contribution in [-0.2, 0) is 31.3 Å². The fourth-order valence-corrected chi connectivity index (χ4v) is 5.46. The van der Waals surface area contributed by atoms with Crippen molar-refractivity contribution in [2.24, 2.45) is 7.05 Å². The van der Waals surface area contributed by atoms with Crippen molar-refractivity contribution in [3.63, 3.8) is 0 Å². The average Bonchev–Trinajstić information content (AvgIpc) is 3.02. The summed E-state index contributed by atoms with van der Waals surface area (Å²) in [7, 11) is 3.43. The third-order valence-electron chi connectivity index (χ3n) is 7.72. The molecule has 0 aliphatic carbocycles. The first-order chi connectivity index (χ1) is 20.8. The number of benzene rings is 3. The Labute approximate surface area is 256 Å². The number of amides is 1. The van der Waals surface area contributed by atoms with Crippen LogP contribution in [0.1, 0.15) is 40.5 Å². The fourth-order valence-electron chi connectivity index (χ4n) is 5.34. The molecule has 1 unspecified atom stereocenters. The van der Waals surface area contributed by atoms with Crippen LogP contribution in [0.3, 0.4) is 0 Å². The van der Waals surface area contributed by atoms with Crippen LogP contribution in [0.2, 0.25) is 5.02 Å². The van der Waals surface area contributed by atoms with E-state index in [4.69, 9.17) is 21.1 Å². The number of nitrogens with zero attached hydrogens (tertiary/aromatic N) is 3. The van der Waals surface area contributed by atoms with Gasteiger partial charge in [0, 0.05) is 44.3 Å². The van der Waals surface area contributed by atoms with Crippen LogP contribution in [0.15, 0.2) is 65.5 Å². The van der Waals surface area contributed by atoms with Crippen LogP contribution in [0, 0.1) is 0 Å². The summed E-state index contributed by atoms with van der Waals surface area (Å²) in [5.41, 5.74) is 4.06. The second kappa shape index (κ2) is 14.0. The van der Waals surface area contributed by atoms with E-state index in [9.17, 15) is 9.59 Å². The van der Waals surface area contributed by atoms with Crippen molar-refractivity contribution < 1.29 is 14.3 Å². The maximum absolute atomic E-state index is 13.8. The molecule has 1 aliphatic rings. The first-order valence-electron chi connectivity index (χ1n) is 14.6. The molecule has 2 heterocycles. The van der Waals surface area contributed by atoms with Crippen LogP contribution in [0.4, 0.5) is 5.69 Å². The Balaban J connectivity index is 1.42. The number of carbonyl (C=O) groups is 1. The van der Waals surface area contributed by atoms with Gasteiger partial charge in [0.2, 0.25) is 5.43 Å².